The van der Waals surface area contributed by atoms with Crippen molar-refractivity contribution in [2.45, 2.75) is 13.0 Å². The van der Waals surface area contributed by atoms with Gasteiger partial charge in [-0.15, -0.1) is 21.5 Å². The molecule has 0 amide bonds. The van der Waals surface area contributed by atoms with E-state index in [1.54, 1.807) is 43.3 Å². The van der Waals surface area contributed by atoms with Crippen LogP contribution in [-0.2, 0) is 4.74 Å². The fourth-order valence-electron chi connectivity index (χ4n) is 2.69. The van der Waals surface area contributed by atoms with E-state index < -0.39 is 12.1 Å². The second kappa shape index (κ2) is 8.20. The average molecular weight is 404 g/mol. The van der Waals surface area contributed by atoms with Crippen LogP contribution >= 0.6 is 11.3 Å². The summed E-state index contributed by atoms with van der Waals surface area (Å²) in [5, 5.41) is 9.85. The van der Waals surface area contributed by atoms with Gasteiger partial charge < -0.3 is 9.15 Å². The van der Waals surface area contributed by atoms with Gasteiger partial charge in [0.25, 0.3) is 11.8 Å². The number of rotatable bonds is 6. The van der Waals surface area contributed by atoms with Crippen molar-refractivity contribution in [1.29, 1.82) is 0 Å². The van der Waals surface area contributed by atoms with Crippen LogP contribution in [-0.4, -0.2) is 21.9 Å². The van der Waals surface area contributed by atoms with Crippen molar-refractivity contribution in [2.75, 3.05) is 0 Å². The highest BCUT2D eigenvalue weighted by atomic mass is 32.1. The maximum atomic E-state index is 12.4. The van der Waals surface area contributed by atoms with Crippen LogP contribution in [0.5, 0.6) is 0 Å². The van der Waals surface area contributed by atoms with Crippen LogP contribution in [0.25, 0.3) is 10.8 Å². The number of ether oxygens (including phenoxy) is 1. The molecule has 0 aliphatic heterocycles. The number of esters is 1. The molecular weight excluding hydrogens is 388 g/mol. The predicted molar refractivity (Wildman–Crippen MR) is 108 cm³/mol. The molecule has 7 heteroatoms. The number of hydrogen-bond acceptors (Lipinski definition) is 7. The van der Waals surface area contributed by atoms with Crippen LogP contribution in [0.3, 0.4) is 0 Å². The summed E-state index contributed by atoms with van der Waals surface area (Å²) >= 11 is 1.48. The smallest absolute Gasteiger partial charge is 0.338 e. The first-order valence-corrected chi connectivity index (χ1v) is 9.78. The number of carbonyl (C=O) groups excluding carboxylic acids is 2. The number of ketones is 1. The Morgan fingerprint density at radius 2 is 1.59 bits per heavy atom. The molecule has 0 saturated heterocycles. The van der Waals surface area contributed by atoms with Crippen molar-refractivity contribution in [3.05, 3.63) is 94.7 Å². The van der Waals surface area contributed by atoms with E-state index in [1.807, 2.05) is 35.7 Å². The van der Waals surface area contributed by atoms with E-state index in [2.05, 4.69) is 10.2 Å². The lowest BCUT2D eigenvalue weighted by Gasteiger charge is -2.09. The first-order valence-electron chi connectivity index (χ1n) is 8.90. The minimum Gasteiger partial charge on any atom is -0.449 e. The Morgan fingerprint density at radius 1 is 0.897 bits per heavy atom. The minimum absolute atomic E-state index is 0.106. The lowest BCUT2D eigenvalue weighted by molar-refractivity contribution is 0.0279. The van der Waals surface area contributed by atoms with Gasteiger partial charge in [0.2, 0.25) is 0 Å². The van der Waals surface area contributed by atoms with Crippen molar-refractivity contribution >= 4 is 23.1 Å². The first-order chi connectivity index (χ1) is 14.1. The molecule has 144 valence electrons. The summed E-state index contributed by atoms with van der Waals surface area (Å²) in [6.07, 6.45) is -0.700. The molecule has 0 spiro atoms. The molecule has 0 aliphatic carbocycles. The largest absolute Gasteiger partial charge is 0.449 e. The molecule has 0 bridgehead atoms. The third-order valence-corrected chi connectivity index (χ3v) is 5.08. The SMILES string of the molecule is C[C@@H](OC(=O)c1ccc(C(=O)c2ccccc2)cc1)c1nnc(-c2cccs2)o1. The number of aromatic nitrogens is 2. The molecule has 0 aliphatic rings. The molecule has 2 aromatic carbocycles. The molecule has 2 heterocycles. The molecule has 6 nitrogen and oxygen atoms in total. The number of carbonyl (C=O) groups is 2. The van der Waals surface area contributed by atoms with E-state index in [-0.39, 0.29) is 11.7 Å². The fourth-order valence-corrected chi connectivity index (χ4v) is 3.34. The van der Waals surface area contributed by atoms with Crippen molar-refractivity contribution in [3.8, 4) is 10.8 Å². The Bertz CT molecular complexity index is 1120. The highest BCUT2D eigenvalue weighted by Gasteiger charge is 2.20. The summed E-state index contributed by atoms with van der Waals surface area (Å²) in [7, 11) is 0. The molecule has 1 atom stereocenters. The molecule has 4 rings (SSSR count). The topological polar surface area (TPSA) is 82.3 Å². The van der Waals surface area contributed by atoms with Gasteiger partial charge in [0.1, 0.15) is 0 Å². The molecule has 29 heavy (non-hydrogen) atoms. The zero-order valence-electron chi connectivity index (χ0n) is 15.4. The van der Waals surface area contributed by atoms with Gasteiger partial charge in [-0.25, -0.2) is 4.79 Å². The molecule has 0 fully saturated rings. The van der Waals surface area contributed by atoms with Crippen LogP contribution in [0.15, 0.2) is 76.5 Å². The standard InChI is InChI=1S/C22H16N2O4S/c1-14(20-23-24-21(28-20)18-8-5-13-29-18)27-22(26)17-11-9-16(10-12-17)19(25)15-6-3-2-4-7-15/h2-14H,1H3/t14-/m1/s1. The van der Waals surface area contributed by atoms with E-state index in [1.165, 1.54) is 11.3 Å². The van der Waals surface area contributed by atoms with Gasteiger partial charge in [0.05, 0.1) is 10.4 Å². The summed E-state index contributed by atoms with van der Waals surface area (Å²) in [4.78, 5) is 25.7. The Kier molecular flexibility index (Phi) is 5.31. The highest BCUT2D eigenvalue weighted by molar-refractivity contribution is 7.13. The summed E-state index contributed by atoms with van der Waals surface area (Å²) in [6, 6.07) is 19.1. The van der Waals surface area contributed by atoms with Gasteiger partial charge in [0, 0.05) is 11.1 Å². The molecule has 4 aromatic rings. The van der Waals surface area contributed by atoms with Gasteiger partial charge >= 0.3 is 5.97 Å². The Morgan fingerprint density at radius 3 is 2.28 bits per heavy atom. The van der Waals surface area contributed by atoms with Gasteiger partial charge in [-0.3, -0.25) is 4.79 Å². The monoisotopic (exact) mass is 404 g/mol. The third-order valence-electron chi connectivity index (χ3n) is 4.22. The number of nitrogens with zero attached hydrogens (tertiary/aromatic N) is 2. The van der Waals surface area contributed by atoms with E-state index in [0.717, 1.165) is 4.88 Å². The van der Waals surface area contributed by atoms with E-state index in [0.29, 0.717) is 22.6 Å². The van der Waals surface area contributed by atoms with Crippen LogP contribution < -0.4 is 0 Å². The Labute approximate surface area is 170 Å². The molecular formula is C22H16N2O4S. The zero-order chi connectivity index (χ0) is 20.2. The Hall–Kier alpha value is -3.58. The van der Waals surface area contributed by atoms with Crippen LogP contribution in [0.4, 0.5) is 0 Å². The zero-order valence-corrected chi connectivity index (χ0v) is 16.3. The van der Waals surface area contributed by atoms with Crippen LogP contribution in [0.2, 0.25) is 0 Å². The molecule has 0 saturated carbocycles. The minimum atomic E-state index is -0.700. The summed E-state index contributed by atoms with van der Waals surface area (Å²) < 4.78 is 11.0. The molecule has 0 N–H and O–H groups in total. The maximum absolute atomic E-state index is 12.4. The second-order valence-corrected chi connectivity index (χ2v) is 7.19. The number of hydrogen-bond donors (Lipinski definition) is 0. The van der Waals surface area contributed by atoms with Gasteiger partial charge in [0.15, 0.2) is 11.9 Å². The van der Waals surface area contributed by atoms with E-state index >= 15 is 0 Å². The summed E-state index contributed by atoms with van der Waals surface area (Å²) in [5.74, 6) is -0.0303. The molecule has 2 aromatic heterocycles. The summed E-state index contributed by atoms with van der Waals surface area (Å²) in [6.45, 7) is 1.66. The second-order valence-electron chi connectivity index (χ2n) is 6.24. The normalized spacial score (nSPS) is 11.8. The van der Waals surface area contributed by atoms with Gasteiger partial charge in [-0.05, 0) is 30.5 Å². The van der Waals surface area contributed by atoms with Crippen LogP contribution in [0, 0.1) is 0 Å². The van der Waals surface area contributed by atoms with E-state index in [4.69, 9.17) is 9.15 Å². The van der Waals surface area contributed by atoms with Crippen LogP contribution in [0.1, 0.15) is 45.2 Å². The Balaban J connectivity index is 1.42. The van der Waals surface area contributed by atoms with Gasteiger partial charge in [-0.2, -0.15) is 0 Å². The van der Waals surface area contributed by atoms with Crippen molar-refractivity contribution in [2.24, 2.45) is 0 Å². The first kappa shape index (κ1) is 18.8. The average Bonchev–Trinajstić information content (AvgIpc) is 3.46. The lowest BCUT2D eigenvalue weighted by atomic mass is 10.0. The highest BCUT2D eigenvalue weighted by Crippen LogP contribution is 2.26. The van der Waals surface area contributed by atoms with E-state index in [9.17, 15) is 9.59 Å². The molecule has 0 unspecified atom stereocenters. The number of thiophene rings is 1. The van der Waals surface area contributed by atoms with Crippen molar-refractivity contribution in [3.63, 3.8) is 0 Å². The quantitative estimate of drug-likeness (QED) is 0.334. The molecule has 0 radical (unpaired) electrons. The summed E-state index contributed by atoms with van der Waals surface area (Å²) in [5.41, 5.74) is 1.42. The predicted octanol–water partition coefficient (Wildman–Crippen LogP) is 4.95. The van der Waals surface area contributed by atoms with Gasteiger partial charge in [-0.1, -0.05) is 48.5 Å². The third kappa shape index (κ3) is 4.14. The maximum Gasteiger partial charge on any atom is 0.338 e. The van der Waals surface area contributed by atoms with Crippen molar-refractivity contribution < 1.29 is 18.7 Å². The lowest BCUT2D eigenvalue weighted by Crippen LogP contribution is -2.10. The fraction of sp³-hybridized carbons (Fsp3) is 0.0909. The van der Waals surface area contributed by atoms with Crippen molar-refractivity contribution in [1.82, 2.24) is 10.2 Å². The number of benzene rings is 2.